The van der Waals surface area contributed by atoms with Crippen LogP contribution in [0.1, 0.15) is 26.7 Å². The van der Waals surface area contributed by atoms with E-state index in [0.29, 0.717) is 6.54 Å². The number of halogens is 1. The molecule has 0 aliphatic rings. The third-order valence-corrected chi connectivity index (χ3v) is 5.22. The topological polar surface area (TPSA) is 34.9 Å². The molecule has 0 bridgehead atoms. The molecule has 1 aromatic heterocycles. The van der Waals surface area contributed by atoms with Crippen LogP contribution in [0.4, 0.5) is 0 Å². The highest BCUT2D eigenvalue weighted by Gasteiger charge is 2.26. The van der Waals surface area contributed by atoms with E-state index < -0.39 is 0 Å². The van der Waals surface area contributed by atoms with Gasteiger partial charge in [-0.05, 0) is 24.3 Å². The second-order valence-electron chi connectivity index (χ2n) is 5.04. The van der Waals surface area contributed by atoms with E-state index in [4.69, 9.17) is 0 Å². The number of hydrogen-bond acceptors (Lipinski definition) is 2. The lowest BCUT2D eigenvalue weighted by Crippen LogP contribution is -2.34. The molecule has 0 radical (unpaired) electrons. The number of alkyl halides is 1. The predicted octanol–water partition coefficient (Wildman–Crippen LogP) is 3.60. The first-order valence-corrected chi connectivity index (χ1v) is 7.79. The van der Waals surface area contributed by atoms with Crippen LogP contribution in [0.3, 0.4) is 0 Å². The van der Waals surface area contributed by atoms with Crippen molar-refractivity contribution in [2.75, 3.05) is 5.33 Å². The third-order valence-electron chi connectivity index (χ3n) is 4.03. The van der Waals surface area contributed by atoms with E-state index in [1.165, 1.54) is 0 Å². The van der Waals surface area contributed by atoms with Gasteiger partial charge in [0, 0.05) is 10.7 Å². The number of hydrogen-bond donors (Lipinski definition) is 0. The molecule has 2 aromatic rings. The zero-order chi connectivity index (χ0) is 13.9. The van der Waals surface area contributed by atoms with Gasteiger partial charge in [-0.25, -0.2) is 4.68 Å². The zero-order valence-corrected chi connectivity index (χ0v) is 13.0. The Labute approximate surface area is 121 Å². The minimum Gasteiger partial charge on any atom is -0.267 e. The SMILES string of the molecule is CCC(CC)(CBr)Cn1ncc2ccccc2c1=O. The van der Waals surface area contributed by atoms with Crippen molar-refractivity contribution in [1.82, 2.24) is 9.78 Å². The first kappa shape index (κ1) is 14.3. The van der Waals surface area contributed by atoms with Crippen molar-refractivity contribution in [3.8, 4) is 0 Å². The molecule has 3 nitrogen and oxygen atoms in total. The quantitative estimate of drug-likeness (QED) is 0.788. The summed E-state index contributed by atoms with van der Waals surface area (Å²) in [6.07, 6.45) is 3.83. The Morgan fingerprint density at radius 2 is 1.95 bits per heavy atom. The highest BCUT2D eigenvalue weighted by molar-refractivity contribution is 9.09. The molecule has 0 saturated carbocycles. The third kappa shape index (κ3) is 2.73. The molecule has 1 heterocycles. The van der Waals surface area contributed by atoms with Gasteiger partial charge < -0.3 is 0 Å². The summed E-state index contributed by atoms with van der Waals surface area (Å²) < 4.78 is 1.61. The Kier molecular flexibility index (Phi) is 4.40. The van der Waals surface area contributed by atoms with Gasteiger partial charge in [-0.3, -0.25) is 4.79 Å². The monoisotopic (exact) mass is 322 g/mol. The zero-order valence-electron chi connectivity index (χ0n) is 11.4. The first-order valence-electron chi connectivity index (χ1n) is 6.66. The molecule has 0 N–H and O–H groups in total. The van der Waals surface area contributed by atoms with Gasteiger partial charge in [0.15, 0.2) is 0 Å². The van der Waals surface area contributed by atoms with Crippen LogP contribution in [-0.4, -0.2) is 15.1 Å². The number of aromatic nitrogens is 2. The lowest BCUT2D eigenvalue weighted by atomic mass is 9.84. The van der Waals surface area contributed by atoms with Crippen molar-refractivity contribution < 1.29 is 0 Å². The molecule has 19 heavy (non-hydrogen) atoms. The molecule has 0 atom stereocenters. The summed E-state index contributed by atoms with van der Waals surface area (Å²) in [5, 5.41) is 6.85. The lowest BCUT2D eigenvalue weighted by molar-refractivity contribution is 0.243. The maximum absolute atomic E-state index is 12.4. The Hall–Kier alpha value is -1.16. The van der Waals surface area contributed by atoms with Crippen molar-refractivity contribution >= 4 is 26.7 Å². The van der Waals surface area contributed by atoms with E-state index in [1.54, 1.807) is 10.9 Å². The second kappa shape index (κ2) is 5.87. The summed E-state index contributed by atoms with van der Waals surface area (Å²) in [5.74, 6) is 0. The summed E-state index contributed by atoms with van der Waals surface area (Å²) in [7, 11) is 0. The van der Waals surface area contributed by atoms with Gasteiger partial charge in [0.1, 0.15) is 0 Å². The van der Waals surface area contributed by atoms with Gasteiger partial charge in [0.2, 0.25) is 0 Å². The van der Waals surface area contributed by atoms with Gasteiger partial charge in [-0.15, -0.1) is 0 Å². The van der Waals surface area contributed by atoms with Crippen molar-refractivity contribution in [3.05, 3.63) is 40.8 Å². The molecule has 0 amide bonds. The van der Waals surface area contributed by atoms with Crippen LogP contribution >= 0.6 is 15.9 Å². The molecular formula is C15H19BrN2O. The smallest absolute Gasteiger partial charge is 0.267 e. The molecule has 0 spiro atoms. The molecule has 102 valence electrons. The van der Waals surface area contributed by atoms with Gasteiger partial charge >= 0.3 is 0 Å². The first-order chi connectivity index (χ1) is 9.15. The van der Waals surface area contributed by atoms with E-state index in [9.17, 15) is 4.79 Å². The fraction of sp³-hybridized carbons (Fsp3) is 0.467. The van der Waals surface area contributed by atoms with Crippen LogP contribution in [0.5, 0.6) is 0 Å². The highest BCUT2D eigenvalue weighted by atomic mass is 79.9. The molecule has 0 saturated heterocycles. The Morgan fingerprint density at radius 1 is 1.26 bits per heavy atom. The fourth-order valence-electron chi connectivity index (χ4n) is 2.26. The van der Waals surface area contributed by atoms with Crippen LogP contribution in [0, 0.1) is 5.41 Å². The summed E-state index contributed by atoms with van der Waals surface area (Å²) in [6, 6.07) is 7.61. The molecule has 0 fully saturated rings. The average Bonchev–Trinajstić information content (AvgIpc) is 2.48. The maximum Gasteiger partial charge on any atom is 0.274 e. The van der Waals surface area contributed by atoms with E-state index in [0.717, 1.165) is 28.9 Å². The Morgan fingerprint density at radius 3 is 2.58 bits per heavy atom. The van der Waals surface area contributed by atoms with E-state index in [-0.39, 0.29) is 11.0 Å². The molecular weight excluding hydrogens is 304 g/mol. The maximum atomic E-state index is 12.4. The van der Waals surface area contributed by atoms with Gasteiger partial charge in [-0.1, -0.05) is 48.0 Å². The molecule has 0 aliphatic carbocycles. The van der Waals surface area contributed by atoms with Crippen LogP contribution in [0.2, 0.25) is 0 Å². The molecule has 0 aliphatic heterocycles. The number of fused-ring (bicyclic) bond motifs is 1. The normalized spacial score (nSPS) is 11.9. The lowest BCUT2D eigenvalue weighted by Gasteiger charge is -2.29. The molecule has 0 unspecified atom stereocenters. The van der Waals surface area contributed by atoms with Crippen molar-refractivity contribution in [2.24, 2.45) is 5.41 Å². The van der Waals surface area contributed by atoms with Crippen LogP contribution in [-0.2, 0) is 6.54 Å². The summed E-state index contributed by atoms with van der Waals surface area (Å²) >= 11 is 3.58. The minimum atomic E-state index is 0.00493. The van der Waals surface area contributed by atoms with Crippen LogP contribution in [0.15, 0.2) is 35.3 Å². The standard InChI is InChI=1S/C15H19BrN2O/c1-3-15(4-2,10-16)11-18-14(19)13-8-6-5-7-12(13)9-17-18/h5-9H,3-4,10-11H2,1-2H3. The van der Waals surface area contributed by atoms with Gasteiger partial charge in [0.25, 0.3) is 5.56 Å². The average molecular weight is 323 g/mol. The van der Waals surface area contributed by atoms with Crippen molar-refractivity contribution in [2.45, 2.75) is 33.2 Å². The van der Waals surface area contributed by atoms with Crippen LogP contribution in [0.25, 0.3) is 10.8 Å². The van der Waals surface area contributed by atoms with Crippen molar-refractivity contribution in [1.29, 1.82) is 0 Å². The largest absolute Gasteiger partial charge is 0.274 e. The fourth-order valence-corrected chi connectivity index (χ4v) is 3.23. The van der Waals surface area contributed by atoms with E-state index in [1.807, 2.05) is 24.3 Å². The van der Waals surface area contributed by atoms with Gasteiger partial charge in [-0.2, -0.15) is 5.10 Å². The van der Waals surface area contributed by atoms with E-state index in [2.05, 4.69) is 34.9 Å². The molecule has 1 aromatic carbocycles. The number of nitrogens with zero attached hydrogens (tertiary/aromatic N) is 2. The van der Waals surface area contributed by atoms with Crippen LogP contribution < -0.4 is 5.56 Å². The van der Waals surface area contributed by atoms with E-state index >= 15 is 0 Å². The number of rotatable bonds is 5. The highest BCUT2D eigenvalue weighted by Crippen LogP contribution is 2.30. The summed E-state index contributed by atoms with van der Waals surface area (Å²) in [6.45, 7) is 4.99. The van der Waals surface area contributed by atoms with Gasteiger partial charge in [0.05, 0.1) is 18.1 Å². The Bertz CT molecular complexity index is 609. The molecule has 4 heteroatoms. The predicted molar refractivity (Wildman–Crippen MR) is 82.8 cm³/mol. The minimum absolute atomic E-state index is 0.00493. The molecule has 2 rings (SSSR count). The van der Waals surface area contributed by atoms with Crippen molar-refractivity contribution in [3.63, 3.8) is 0 Å². The summed E-state index contributed by atoms with van der Waals surface area (Å²) in [5.41, 5.74) is 0.101. The number of benzene rings is 1. The second-order valence-corrected chi connectivity index (χ2v) is 5.60. The Balaban J connectivity index is 2.46. The summed E-state index contributed by atoms with van der Waals surface area (Å²) in [4.78, 5) is 12.4.